The Morgan fingerprint density at radius 2 is 0.900 bits per heavy atom. The third-order valence-corrected chi connectivity index (χ3v) is 27.6. The molecule has 3 atom stereocenters. The Morgan fingerprint density at radius 1 is 0.550 bits per heavy atom. The molecule has 0 aromatic heterocycles. The Kier molecular flexibility index (Phi) is 15.8. The zero-order chi connectivity index (χ0) is 32.0. The first kappa shape index (κ1) is 41.1. The smallest absolute Gasteiger partial charge is 0.317 e. The van der Waals surface area contributed by atoms with E-state index in [1.165, 1.54) is 0 Å². The average Bonchev–Trinajstić information content (AvgIpc) is 2.67. The second-order valence-electron chi connectivity index (χ2n) is 17.0. The molecular weight excluding hydrogens is 601 g/mol. The molecule has 0 rings (SSSR count). The fraction of sp³-hybridized carbons (Fsp3) is 1.00. The molecular formula is C28H70O6Si6. The summed E-state index contributed by atoms with van der Waals surface area (Å²) in [4.78, 5) is 0. The van der Waals surface area contributed by atoms with Crippen LogP contribution in [0, 0.1) is 17.3 Å². The van der Waals surface area contributed by atoms with E-state index >= 15 is 0 Å². The van der Waals surface area contributed by atoms with E-state index in [1.807, 2.05) is 0 Å². The van der Waals surface area contributed by atoms with Gasteiger partial charge in [-0.3, -0.25) is 0 Å². The molecule has 0 saturated carbocycles. The Bertz CT molecular complexity index is 706. The van der Waals surface area contributed by atoms with Gasteiger partial charge in [-0.1, -0.05) is 27.2 Å². The quantitative estimate of drug-likeness (QED) is 0.126. The van der Waals surface area contributed by atoms with Crippen molar-refractivity contribution in [2.75, 3.05) is 13.2 Å². The van der Waals surface area contributed by atoms with E-state index < -0.39 is 55.8 Å². The Labute approximate surface area is 256 Å². The van der Waals surface area contributed by atoms with Gasteiger partial charge in [0.15, 0.2) is 33.3 Å². The second-order valence-corrected chi connectivity index (χ2v) is 42.8. The van der Waals surface area contributed by atoms with Crippen LogP contribution >= 0.6 is 0 Å². The monoisotopic (exact) mass is 670 g/mol. The van der Waals surface area contributed by atoms with Gasteiger partial charge in [-0.15, -0.1) is 0 Å². The predicted molar refractivity (Wildman–Crippen MR) is 189 cm³/mol. The number of hydrogen-bond donors (Lipinski definition) is 2. The first-order valence-electron chi connectivity index (χ1n) is 15.6. The SMILES string of the molecule is CC(CCC(CO)(CO)CCC(C)C(C)[Si](C)(O[Si](C)(C)C)O[Si](C)(C)C)C[Si](C)(O[Si](C)(C)C)O[Si](C)(C)C. The second kappa shape index (κ2) is 15.4. The van der Waals surface area contributed by atoms with E-state index in [4.69, 9.17) is 16.5 Å². The molecule has 0 amide bonds. The molecule has 0 fully saturated rings. The van der Waals surface area contributed by atoms with Crippen LogP contribution in [0.3, 0.4) is 0 Å². The zero-order valence-electron chi connectivity index (χ0n) is 29.7. The summed E-state index contributed by atoms with van der Waals surface area (Å²) in [6.07, 6.45) is 3.49. The lowest BCUT2D eigenvalue weighted by Crippen LogP contribution is -2.56. The molecule has 2 N–H and O–H groups in total. The van der Waals surface area contributed by atoms with Crippen molar-refractivity contribution in [3.05, 3.63) is 0 Å². The van der Waals surface area contributed by atoms with Crippen LogP contribution in [0.5, 0.6) is 0 Å². The lowest BCUT2D eigenvalue weighted by molar-refractivity contribution is 0.0301. The minimum Gasteiger partial charge on any atom is -0.437 e. The van der Waals surface area contributed by atoms with Crippen LogP contribution in [-0.2, 0) is 16.5 Å². The normalized spacial score (nSPS) is 17.2. The molecule has 0 saturated heterocycles. The summed E-state index contributed by atoms with van der Waals surface area (Å²) >= 11 is 0. The number of aliphatic hydroxyl groups is 2. The van der Waals surface area contributed by atoms with E-state index in [0.717, 1.165) is 31.7 Å². The average molecular weight is 671 g/mol. The fourth-order valence-electron chi connectivity index (χ4n) is 5.90. The van der Waals surface area contributed by atoms with Crippen molar-refractivity contribution in [2.45, 2.75) is 150 Å². The molecule has 0 heterocycles. The molecule has 3 unspecified atom stereocenters. The number of hydrogen-bond acceptors (Lipinski definition) is 6. The van der Waals surface area contributed by atoms with Crippen LogP contribution in [0.25, 0.3) is 0 Å². The van der Waals surface area contributed by atoms with E-state index in [1.54, 1.807) is 0 Å². The highest BCUT2D eigenvalue weighted by Gasteiger charge is 2.47. The van der Waals surface area contributed by atoms with E-state index in [2.05, 4.69) is 112 Å². The molecule has 0 spiro atoms. The summed E-state index contributed by atoms with van der Waals surface area (Å²) in [5, 5.41) is 21.1. The minimum atomic E-state index is -2.42. The lowest BCUT2D eigenvalue weighted by atomic mass is 9.77. The van der Waals surface area contributed by atoms with Crippen LogP contribution in [0.2, 0.25) is 103 Å². The Morgan fingerprint density at radius 3 is 1.23 bits per heavy atom. The maximum atomic E-state index is 10.5. The number of rotatable bonds is 20. The molecule has 40 heavy (non-hydrogen) atoms. The van der Waals surface area contributed by atoms with E-state index in [9.17, 15) is 10.2 Å². The molecule has 0 aromatic rings. The van der Waals surface area contributed by atoms with Crippen molar-refractivity contribution in [1.29, 1.82) is 0 Å². The lowest BCUT2D eigenvalue weighted by Gasteiger charge is -2.44. The third-order valence-electron chi connectivity index (χ3n) is 7.43. The highest BCUT2D eigenvalue weighted by atomic mass is 28.5. The van der Waals surface area contributed by atoms with Gasteiger partial charge in [0.1, 0.15) is 0 Å². The third kappa shape index (κ3) is 16.8. The fourth-order valence-corrected chi connectivity index (χ4v) is 31.9. The first-order valence-corrected chi connectivity index (χ1v) is 34.2. The summed E-state index contributed by atoms with van der Waals surface area (Å²) in [6.45, 7) is 38.4. The van der Waals surface area contributed by atoms with Gasteiger partial charge in [0.2, 0.25) is 0 Å². The summed E-state index contributed by atoms with van der Waals surface area (Å²) in [5.74, 6) is 0.787. The van der Waals surface area contributed by atoms with Crippen molar-refractivity contribution < 1.29 is 26.7 Å². The number of aliphatic hydroxyl groups excluding tert-OH is 2. The van der Waals surface area contributed by atoms with Gasteiger partial charge in [-0.2, -0.15) is 0 Å². The van der Waals surface area contributed by atoms with Crippen molar-refractivity contribution in [3.8, 4) is 0 Å². The van der Waals surface area contributed by atoms with Gasteiger partial charge in [-0.05, 0) is 129 Å². The van der Waals surface area contributed by atoms with Gasteiger partial charge in [-0.25, -0.2) is 0 Å². The molecule has 0 aliphatic carbocycles. The van der Waals surface area contributed by atoms with Gasteiger partial charge in [0.05, 0.1) is 13.2 Å². The van der Waals surface area contributed by atoms with Crippen LogP contribution in [-0.4, -0.2) is 73.8 Å². The first-order chi connectivity index (χ1) is 17.6. The van der Waals surface area contributed by atoms with Gasteiger partial charge < -0.3 is 26.7 Å². The van der Waals surface area contributed by atoms with Crippen molar-refractivity contribution in [3.63, 3.8) is 0 Å². The molecule has 0 aliphatic heterocycles. The molecule has 0 bridgehead atoms. The van der Waals surface area contributed by atoms with Crippen LogP contribution in [0.15, 0.2) is 0 Å². The van der Waals surface area contributed by atoms with Gasteiger partial charge >= 0.3 is 17.1 Å². The van der Waals surface area contributed by atoms with Crippen molar-refractivity contribution in [1.82, 2.24) is 0 Å². The zero-order valence-corrected chi connectivity index (χ0v) is 35.7. The molecule has 0 radical (unpaired) electrons. The maximum absolute atomic E-state index is 10.5. The molecule has 6 nitrogen and oxygen atoms in total. The largest absolute Gasteiger partial charge is 0.437 e. The standard InChI is InChI=1S/C28H70O6Si6/c1-25(22-39(16,31-35(4,5)6)32-36(7,8)9)18-20-28(23-29,24-30)21-19-26(2)27(3)40(17,33-37(10,11)12)34-38(13,14)15/h25-27,29-30H,18-24H2,1-17H3. The highest BCUT2D eigenvalue weighted by Crippen LogP contribution is 2.41. The topological polar surface area (TPSA) is 77.4 Å². The molecule has 12 heteroatoms. The highest BCUT2D eigenvalue weighted by molar-refractivity contribution is 6.88. The summed E-state index contributed by atoms with van der Waals surface area (Å²) in [5.41, 5.74) is -0.152. The Hall–Kier alpha value is 1.06. The van der Waals surface area contributed by atoms with Gasteiger partial charge in [0.25, 0.3) is 0 Å². The van der Waals surface area contributed by atoms with Crippen LogP contribution in [0.1, 0.15) is 46.5 Å². The maximum Gasteiger partial charge on any atom is 0.317 e. The summed E-state index contributed by atoms with van der Waals surface area (Å²) in [6, 6.07) is 0.952. The molecule has 0 aliphatic rings. The van der Waals surface area contributed by atoms with E-state index in [-0.39, 0.29) is 13.2 Å². The van der Waals surface area contributed by atoms with E-state index in [0.29, 0.717) is 17.4 Å². The van der Waals surface area contributed by atoms with Crippen LogP contribution < -0.4 is 0 Å². The Balaban J connectivity index is 5.56. The van der Waals surface area contributed by atoms with Crippen molar-refractivity contribution in [2.24, 2.45) is 17.3 Å². The summed E-state index contributed by atoms with van der Waals surface area (Å²) in [7, 11) is -11.8. The van der Waals surface area contributed by atoms with Crippen molar-refractivity contribution >= 4 is 50.4 Å². The minimum absolute atomic E-state index is 0.00827. The van der Waals surface area contributed by atoms with Gasteiger partial charge in [0, 0.05) is 11.0 Å². The predicted octanol–water partition coefficient (Wildman–Crippen LogP) is 8.73. The van der Waals surface area contributed by atoms with Crippen LogP contribution in [0.4, 0.5) is 0 Å². The summed E-state index contributed by atoms with van der Waals surface area (Å²) < 4.78 is 27.2. The molecule has 242 valence electrons. The molecule has 0 aromatic carbocycles.